The molecule has 0 saturated heterocycles. The van der Waals surface area contributed by atoms with Gasteiger partial charge >= 0.3 is 0 Å². The molecule has 2 aromatic carbocycles. The molecule has 0 bridgehead atoms. The average molecular weight is 270 g/mol. The molecule has 0 aliphatic rings. The summed E-state index contributed by atoms with van der Waals surface area (Å²) < 4.78 is 2.06. The molecule has 0 atom stereocenters. The summed E-state index contributed by atoms with van der Waals surface area (Å²) in [5.41, 5.74) is 1.22. The fourth-order valence-corrected chi connectivity index (χ4v) is 3.34. The van der Waals surface area contributed by atoms with Crippen molar-refractivity contribution < 1.29 is 5.11 Å². The number of aryl methyl sites for hydroxylation is 1. The largest absolute Gasteiger partial charge is 0.396 e. The lowest BCUT2D eigenvalue weighted by atomic mass is 10.1. The first-order chi connectivity index (χ1) is 9.29. The van der Waals surface area contributed by atoms with Crippen LogP contribution in [0.15, 0.2) is 47.3 Å². The fraction of sp³-hybridized carbons (Fsp3) is 0.188. The van der Waals surface area contributed by atoms with Gasteiger partial charge in [0.25, 0.3) is 0 Å². The molecule has 0 fully saturated rings. The van der Waals surface area contributed by atoms with E-state index < -0.39 is 0 Å². The summed E-state index contributed by atoms with van der Waals surface area (Å²) in [7, 11) is 0. The summed E-state index contributed by atoms with van der Waals surface area (Å²) in [5.74, 6) is 0. The molecule has 3 aromatic rings. The molecule has 3 heteroatoms. The summed E-state index contributed by atoms with van der Waals surface area (Å²) in [6, 6.07) is 13.8. The highest BCUT2D eigenvalue weighted by molar-refractivity contribution is 7.24. The van der Waals surface area contributed by atoms with Crippen LogP contribution in [0.25, 0.3) is 20.2 Å². The summed E-state index contributed by atoms with van der Waals surface area (Å²) in [5, 5.41) is 10.5. The first kappa shape index (κ1) is 12.3. The van der Waals surface area contributed by atoms with Crippen LogP contribution in [-0.2, 0) is 6.42 Å². The molecule has 0 amide bonds. The Balaban J connectivity index is 2.24. The molecule has 0 aliphatic heterocycles. The molecule has 0 saturated carbocycles. The average Bonchev–Trinajstić information content (AvgIpc) is 2.46. The van der Waals surface area contributed by atoms with Crippen molar-refractivity contribution in [3.8, 4) is 0 Å². The normalized spacial score (nSPS) is 11.2. The molecular formula is C16H14O2S. The maximum absolute atomic E-state index is 12.5. The van der Waals surface area contributed by atoms with Crippen molar-refractivity contribution in [1.29, 1.82) is 0 Å². The predicted octanol–water partition coefficient (Wildman–Crippen LogP) is 3.34. The molecule has 0 spiro atoms. The fourth-order valence-electron chi connectivity index (χ4n) is 2.29. The van der Waals surface area contributed by atoms with Gasteiger partial charge in [0.05, 0.1) is 0 Å². The van der Waals surface area contributed by atoms with Gasteiger partial charge in [-0.1, -0.05) is 18.2 Å². The zero-order valence-electron chi connectivity index (χ0n) is 10.4. The zero-order valence-corrected chi connectivity index (χ0v) is 11.2. The van der Waals surface area contributed by atoms with Gasteiger partial charge < -0.3 is 5.11 Å². The maximum Gasteiger partial charge on any atom is 0.195 e. The van der Waals surface area contributed by atoms with E-state index in [0.29, 0.717) is 0 Å². The van der Waals surface area contributed by atoms with Gasteiger partial charge in [0.15, 0.2) is 5.43 Å². The highest BCUT2D eigenvalue weighted by atomic mass is 32.1. The Kier molecular flexibility index (Phi) is 3.32. The van der Waals surface area contributed by atoms with Crippen LogP contribution in [-0.4, -0.2) is 11.7 Å². The van der Waals surface area contributed by atoms with Gasteiger partial charge in [0.2, 0.25) is 0 Å². The van der Waals surface area contributed by atoms with Crippen molar-refractivity contribution in [3.63, 3.8) is 0 Å². The lowest BCUT2D eigenvalue weighted by molar-refractivity contribution is 0.288. The van der Waals surface area contributed by atoms with E-state index in [-0.39, 0.29) is 12.0 Å². The Hall–Kier alpha value is -1.71. The molecule has 1 aromatic heterocycles. The molecule has 1 N–H and O–H groups in total. The summed E-state index contributed by atoms with van der Waals surface area (Å²) in [4.78, 5) is 12.5. The van der Waals surface area contributed by atoms with Crippen LogP contribution in [0.1, 0.15) is 12.0 Å². The molecule has 0 radical (unpaired) electrons. The Morgan fingerprint density at radius 3 is 2.63 bits per heavy atom. The van der Waals surface area contributed by atoms with E-state index in [0.717, 1.165) is 38.6 Å². The van der Waals surface area contributed by atoms with Gasteiger partial charge in [-0.3, -0.25) is 4.79 Å². The van der Waals surface area contributed by atoms with Crippen LogP contribution in [0.3, 0.4) is 0 Å². The van der Waals surface area contributed by atoms with Gasteiger partial charge in [0, 0.05) is 26.8 Å². The summed E-state index contributed by atoms with van der Waals surface area (Å²) in [6.07, 6.45) is 1.54. The number of benzene rings is 2. The van der Waals surface area contributed by atoms with E-state index in [2.05, 4.69) is 0 Å². The SMILES string of the molecule is O=c1c2ccccc2sc2ccc(CCCO)cc12. The highest BCUT2D eigenvalue weighted by Crippen LogP contribution is 2.25. The topological polar surface area (TPSA) is 37.3 Å². The number of hydrogen-bond donors (Lipinski definition) is 1. The standard InChI is InChI=1S/C16H14O2S/c17-9-3-4-11-7-8-15-13(10-11)16(18)12-5-1-2-6-14(12)19-15/h1-2,5-8,10,17H,3-4,9H2. The Morgan fingerprint density at radius 1 is 1.00 bits per heavy atom. The number of fused-ring (bicyclic) bond motifs is 2. The number of rotatable bonds is 3. The van der Waals surface area contributed by atoms with E-state index in [9.17, 15) is 4.79 Å². The molecule has 1 heterocycles. The van der Waals surface area contributed by atoms with E-state index in [1.807, 2.05) is 42.5 Å². The minimum absolute atomic E-state index is 0.107. The van der Waals surface area contributed by atoms with Crippen LogP contribution < -0.4 is 5.43 Å². The summed E-state index contributed by atoms with van der Waals surface area (Å²) in [6.45, 7) is 0.183. The number of aliphatic hydroxyl groups excluding tert-OH is 1. The smallest absolute Gasteiger partial charge is 0.195 e. The number of aliphatic hydroxyl groups is 1. The van der Waals surface area contributed by atoms with Gasteiger partial charge in [-0.25, -0.2) is 0 Å². The molecule has 3 rings (SSSR count). The van der Waals surface area contributed by atoms with Gasteiger partial charge in [-0.05, 0) is 42.7 Å². The van der Waals surface area contributed by atoms with Gasteiger partial charge in [-0.2, -0.15) is 0 Å². The second-order valence-electron chi connectivity index (χ2n) is 4.59. The van der Waals surface area contributed by atoms with E-state index >= 15 is 0 Å². The Bertz CT molecular complexity index is 789. The molecule has 19 heavy (non-hydrogen) atoms. The van der Waals surface area contributed by atoms with E-state index in [1.165, 1.54) is 0 Å². The minimum Gasteiger partial charge on any atom is -0.396 e. The van der Waals surface area contributed by atoms with Crippen LogP contribution in [0, 0.1) is 0 Å². The third-order valence-electron chi connectivity index (χ3n) is 3.26. The van der Waals surface area contributed by atoms with Crippen molar-refractivity contribution in [3.05, 3.63) is 58.3 Å². The van der Waals surface area contributed by atoms with Gasteiger partial charge in [0.1, 0.15) is 0 Å². The maximum atomic E-state index is 12.5. The first-order valence-electron chi connectivity index (χ1n) is 6.35. The number of hydrogen-bond acceptors (Lipinski definition) is 3. The lowest BCUT2D eigenvalue weighted by Gasteiger charge is -2.04. The second-order valence-corrected chi connectivity index (χ2v) is 5.67. The lowest BCUT2D eigenvalue weighted by Crippen LogP contribution is -2.01. The minimum atomic E-state index is 0.107. The highest BCUT2D eigenvalue weighted by Gasteiger charge is 2.06. The molecule has 2 nitrogen and oxygen atoms in total. The van der Waals surface area contributed by atoms with E-state index in [1.54, 1.807) is 11.3 Å². The zero-order chi connectivity index (χ0) is 13.2. The van der Waals surface area contributed by atoms with Crippen molar-refractivity contribution >= 4 is 31.5 Å². The van der Waals surface area contributed by atoms with Crippen LogP contribution in [0.5, 0.6) is 0 Å². The Morgan fingerprint density at radius 2 is 1.79 bits per heavy atom. The molecule has 0 unspecified atom stereocenters. The van der Waals surface area contributed by atoms with Gasteiger partial charge in [-0.15, -0.1) is 11.3 Å². The summed E-state index contributed by atoms with van der Waals surface area (Å²) >= 11 is 1.65. The third-order valence-corrected chi connectivity index (χ3v) is 4.42. The van der Waals surface area contributed by atoms with Crippen molar-refractivity contribution in [2.75, 3.05) is 6.61 Å². The molecule has 96 valence electrons. The van der Waals surface area contributed by atoms with Crippen LogP contribution in [0.4, 0.5) is 0 Å². The van der Waals surface area contributed by atoms with Crippen LogP contribution >= 0.6 is 11.3 Å². The van der Waals surface area contributed by atoms with E-state index in [4.69, 9.17) is 5.11 Å². The first-order valence-corrected chi connectivity index (χ1v) is 7.16. The predicted molar refractivity (Wildman–Crippen MR) is 81.0 cm³/mol. The quantitative estimate of drug-likeness (QED) is 0.741. The molecule has 0 aliphatic carbocycles. The molecular weight excluding hydrogens is 256 g/mol. The van der Waals surface area contributed by atoms with Crippen molar-refractivity contribution in [2.45, 2.75) is 12.8 Å². The Labute approximate surface area is 114 Å². The third kappa shape index (κ3) is 2.27. The van der Waals surface area contributed by atoms with Crippen molar-refractivity contribution in [2.24, 2.45) is 0 Å². The second kappa shape index (κ2) is 5.11. The monoisotopic (exact) mass is 270 g/mol. The van der Waals surface area contributed by atoms with Crippen LogP contribution in [0.2, 0.25) is 0 Å². The van der Waals surface area contributed by atoms with Crippen molar-refractivity contribution in [1.82, 2.24) is 0 Å².